The largest absolute Gasteiger partial charge is 0.490 e. The van der Waals surface area contributed by atoms with Gasteiger partial charge in [-0.1, -0.05) is 18.2 Å². The third-order valence-corrected chi connectivity index (χ3v) is 5.27. The van der Waals surface area contributed by atoms with E-state index in [4.69, 9.17) is 10.00 Å². The van der Waals surface area contributed by atoms with Gasteiger partial charge in [0.1, 0.15) is 12.4 Å². The molecule has 1 aliphatic heterocycles. The lowest BCUT2D eigenvalue weighted by Gasteiger charge is -2.14. The highest BCUT2D eigenvalue weighted by atomic mass is 79.9. The predicted octanol–water partition coefficient (Wildman–Crippen LogP) is 3.43. The standard InChI is InChI=1S/C21H19BrN2O4/c1-27-20(25)10-16-8-17(24-21(16)26)12-28-19-7-6-15(9-18(19)22)14-4-2-13(11-23)3-5-14/h2-7,9,16-17H,8,10,12H2,1H3,(H,24,26)/t16-,17-/m0/s1. The smallest absolute Gasteiger partial charge is 0.306 e. The third-order valence-electron chi connectivity index (χ3n) is 4.65. The molecule has 0 aliphatic carbocycles. The summed E-state index contributed by atoms with van der Waals surface area (Å²) in [5.74, 6) is -0.233. The molecule has 1 saturated heterocycles. The molecule has 3 rings (SSSR count). The number of benzene rings is 2. The van der Waals surface area contributed by atoms with Gasteiger partial charge in [-0.15, -0.1) is 0 Å². The first-order chi connectivity index (χ1) is 13.5. The van der Waals surface area contributed by atoms with E-state index in [1.165, 1.54) is 7.11 Å². The Kier molecular flexibility index (Phi) is 6.32. The summed E-state index contributed by atoms with van der Waals surface area (Å²) in [6.45, 7) is 0.318. The molecule has 7 heteroatoms. The van der Waals surface area contributed by atoms with Crippen LogP contribution in [-0.4, -0.2) is 31.6 Å². The van der Waals surface area contributed by atoms with Crippen LogP contribution in [0.5, 0.6) is 5.75 Å². The van der Waals surface area contributed by atoms with E-state index < -0.39 is 0 Å². The second-order valence-corrected chi connectivity index (χ2v) is 7.42. The molecule has 1 fully saturated rings. The van der Waals surface area contributed by atoms with Crippen molar-refractivity contribution in [3.05, 3.63) is 52.5 Å². The zero-order chi connectivity index (χ0) is 20.1. The third kappa shape index (κ3) is 4.70. The first-order valence-electron chi connectivity index (χ1n) is 8.80. The Morgan fingerprint density at radius 2 is 1.96 bits per heavy atom. The van der Waals surface area contributed by atoms with Crippen molar-refractivity contribution in [2.24, 2.45) is 5.92 Å². The molecule has 1 aliphatic rings. The maximum atomic E-state index is 12.0. The lowest BCUT2D eigenvalue weighted by molar-refractivity contribution is -0.143. The summed E-state index contributed by atoms with van der Waals surface area (Å²) in [5, 5.41) is 11.8. The van der Waals surface area contributed by atoms with Crippen LogP contribution in [0.15, 0.2) is 46.9 Å². The van der Waals surface area contributed by atoms with Crippen molar-refractivity contribution >= 4 is 27.8 Å². The molecule has 2 atom stereocenters. The number of hydrogen-bond acceptors (Lipinski definition) is 5. The second-order valence-electron chi connectivity index (χ2n) is 6.56. The van der Waals surface area contributed by atoms with Gasteiger partial charge in [-0.25, -0.2) is 0 Å². The van der Waals surface area contributed by atoms with Crippen molar-refractivity contribution in [1.82, 2.24) is 5.32 Å². The van der Waals surface area contributed by atoms with Gasteiger partial charge in [0.2, 0.25) is 5.91 Å². The Labute approximate surface area is 171 Å². The molecule has 1 N–H and O–H groups in total. The zero-order valence-corrected chi connectivity index (χ0v) is 16.9. The lowest BCUT2D eigenvalue weighted by atomic mass is 10.0. The van der Waals surface area contributed by atoms with Crippen LogP contribution in [0.1, 0.15) is 18.4 Å². The summed E-state index contributed by atoms with van der Waals surface area (Å²) in [6.07, 6.45) is 0.622. The summed E-state index contributed by atoms with van der Waals surface area (Å²) in [5.41, 5.74) is 2.61. The van der Waals surface area contributed by atoms with Gasteiger partial charge in [0, 0.05) is 0 Å². The quantitative estimate of drug-likeness (QED) is 0.692. The van der Waals surface area contributed by atoms with E-state index in [0.717, 1.165) is 15.6 Å². The topological polar surface area (TPSA) is 88.4 Å². The van der Waals surface area contributed by atoms with Crippen LogP contribution >= 0.6 is 15.9 Å². The Balaban J connectivity index is 1.60. The Bertz CT molecular complexity index is 921. The van der Waals surface area contributed by atoms with E-state index in [1.54, 1.807) is 12.1 Å². The molecule has 0 spiro atoms. The summed E-state index contributed by atoms with van der Waals surface area (Å²) in [7, 11) is 1.31. The number of methoxy groups -OCH3 is 1. The highest BCUT2D eigenvalue weighted by Crippen LogP contribution is 2.31. The van der Waals surface area contributed by atoms with E-state index in [9.17, 15) is 9.59 Å². The number of ether oxygens (including phenoxy) is 2. The molecule has 0 aromatic heterocycles. The fourth-order valence-corrected chi connectivity index (χ4v) is 3.62. The minimum Gasteiger partial charge on any atom is -0.490 e. The highest BCUT2D eigenvalue weighted by molar-refractivity contribution is 9.10. The van der Waals surface area contributed by atoms with E-state index in [-0.39, 0.29) is 30.3 Å². The first kappa shape index (κ1) is 19.9. The molecule has 1 amide bonds. The van der Waals surface area contributed by atoms with Gasteiger partial charge in [-0.2, -0.15) is 5.26 Å². The maximum Gasteiger partial charge on any atom is 0.306 e. The van der Waals surface area contributed by atoms with Gasteiger partial charge in [0.25, 0.3) is 0 Å². The number of esters is 1. The number of nitriles is 1. The van der Waals surface area contributed by atoms with E-state index >= 15 is 0 Å². The SMILES string of the molecule is COC(=O)C[C@@H]1C[C@@H](COc2ccc(-c3ccc(C#N)cc3)cc2Br)NC1=O. The molecular formula is C21H19BrN2O4. The van der Waals surface area contributed by atoms with E-state index in [2.05, 4.69) is 32.1 Å². The van der Waals surface area contributed by atoms with Crippen LogP contribution in [0, 0.1) is 17.2 Å². The number of nitrogens with one attached hydrogen (secondary N) is 1. The Morgan fingerprint density at radius 1 is 1.25 bits per heavy atom. The maximum absolute atomic E-state index is 12.0. The minimum atomic E-state index is -0.386. The van der Waals surface area contributed by atoms with Crippen molar-refractivity contribution in [2.75, 3.05) is 13.7 Å². The van der Waals surface area contributed by atoms with Gasteiger partial charge in [0.15, 0.2) is 0 Å². The van der Waals surface area contributed by atoms with Crippen molar-refractivity contribution in [2.45, 2.75) is 18.9 Å². The lowest BCUT2D eigenvalue weighted by Crippen LogP contribution is -2.31. The number of hydrogen-bond donors (Lipinski definition) is 1. The Morgan fingerprint density at radius 3 is 2.61 bits per heavy atom. The molecule has 0 bridgehead atoms. The van der Waals surface area contributed by atoms with Gasteiger partial charge in [-0.05, 0) is 57.7 Å². The molecule has 0 radical (unpaired) electrons. The van der Waals surface area contributed by atoms with Gasteiger partial charge in [0.05, 0.1) is 41.6 Å². The highest BCUT2D eigenvalue weighted by Gasteiger charge is 2.34. The molecule has 1 heterocycles. The number of nitrogens with zero attached hydrogens (tertiary/aromatic N) is 1. The number of rotatable bonds is 6. The van der Waals surface area contributed by atoms with Crippen LogP contribution in [0.25, 0.3) is 11.1 Å². The van der Waals surface area contributed by atoms with Crippen LogP contribution in [0.4, 0.5) is 0 Å². The Hall–Kier alpha value is -2.85. The fraction of sp³-hybridized carbons (Fsp3) is 0.286. The van der Waals surface area contributed by atoms with Crippen LogP contribution in [-0.2, 0) is 14.3 Å². The first-order valence-corrected chi connectivity index (χ1v) is 9.59. The van der Waals surface area contributed by atoms with Gasteiger partial charge in [-0.3, -0.25) is 9.59 Å². The van der Waals surface area contributed by atoms with Crippen LogP contribution < -0.4 is 10.1 Å². The van der Waals surface area contributed by atoms with E-state index in [0.29, 0.717) is 24.3 Å². The van der Waals surface area contributed by atoms with Gasteiger partial charge < -0.3 is 14.8 Å². The van der Waals surface area contributed by atoms with Crippen LogP contribution in [0.3, 0.4) is 0 Å². The summed E-state index contributed by atoms with van der Waals surface area (Å²) in [6, 6.07) is 15.1. The fourth-order valence-electron chi connectivity index (χ4n) is 3.12. The van der Waals surface area contributed by atoms with Crippen molar-refractivity contribution < 1.29 is 19.1 Å². The summed E-state index contributed by atoms with van der Waals surface area (Å²) >= 11 is 3.52. The predicted molar refractivity (Wildman–Crippen MR) is 106 cm³/mol. The summed E-state index contributed by atoms with van der Waals surface area (Å²) in [4.78, 5) is 23.3. The molecule has 0 saturated carbocycles. The number of halogens is 1. The zero-order valence-electron chi connectivity index (χ0n) is 15.3. The van der Waals surface area contributed by atoms with Crippen LogP contribution in [0.2, 0.25) is 0 Å². The molecule has 2 aromatic carbocycles. The second kappa shape index (κ2) is 8.89. The van der Waals surface area contributed by atoms with Crippen molar-refractivity contribution in [3.63, 3.8) is 0 Å². The monoisotopic (exact) mass is 442 g/mol. The molecule has 28 heavy (non-hydrogen) atoms. The average Bonchev–Trinajstić information content (AvgIpc) is 3.06. The molecule has 0 unspecified atom stereocenters. The van der Waals surface area contributed by atoms with Crippen molar-refractivity contribution in [1.29, 1.82) is 5.26 Å². The molecule has 6 nitrogen and oxygen atoms in total. The molecule has 2 aromatic rings. The number of carbonyl (C=O) groups is 2. The normalized spacial score (nSPS) is 18.2. The number of carbonyl (C=O) groups excluding carboxylic acids is 2. The van der Waals surface area contributed by atoms with Crippen molar-refractivity contribution in [3.8, 4) is 22.9 Å². The summed E-state index contributed by atoms with van der Waals surface area (Å²) < 4.78 is 11.3. The minimum absolute atomic E-state index is 0.0851. The van der Waals surface area contributed by atoms with Gasteiger partial charge >= 0.3 is 5.97 Å². The molecular weight excluding hydrogens is 424 g/mol. The van der Waals surface area contributed by atoms with E-state index in [1.807, 2.05) is 30.3 Å². The average molecular weight is 443 g/mol. The number of amides is 1. The molecule has 144 valence electrons.